The molecule has 5 N–H and O–H groups in total. The van der Waals surface area contributed by atoms with Crippen molar-refractivity contribution in [3.05, 3.63) is 10.4 Å². The number of hydrazine groups is 1. The SMILES string of the molecule is CN(C)N.C[Si](C)(C)N=[N+]=[N-].N. The summed E-state index contributed by atoms with van der Waals surface area (Å²) < 4.78 is 3.58. The highest BCUT2D eigenvalue weighted by Gasteiger charge is 2.07. The summed E-state index contributed by atoms with van der Waals surface area (Å²) in [5.74, 6) is 4.94. The highest BCUT2D eigenvalue weighted by atomic mass is 28.3. The minimum Gasteiger partial charge on any atom is -0.344 e. The molecule has 0 saturated heterocycles. The van der Waals surface area contributed by atoms with Gasteiger partial charge in [0.2, 0.25) is 0 Å². The van der Waals surface area contributed by atoms with Crippen molar-refractivity contribution in [3.63, 3.8) is 0 Å². The van der Waals surface area contributed by atoms with E-state index in [2.05, 4.69) is 9.69 Å². The van der Waals surface area contributed by atoms with Crippen LogP contribution in [-0.2, 0) is 0 Å². The molecule has 0 saturated carbocycles. The molecule has 0 atom stereocenters. The lowest BCUT2D eigenvalue weighted by molar-refractivity contribution is 0.432. The van der Waals surface area contributed by atoms with Gasteiger partial charge in [0, 0.05) is 14.1 Å². The summed E-state index contributed by atoms with van der Waals surface area (Å²) in [6.45, 7) is 5.98. The average molecular weight is 192 g/mol. The molecule has 0 aromatic heterocycles. The third-order valence-corrected chi connectivity index (χ3v) is 1.03. The fourth-order valence-electron chi connectivity index (χ4n) is 0.134. The van der Waals surface area contributed by atoms with E-state index in [1.165, 1.54) is 5.01 Å². The van der Waals surface area contributed by atoms with E-state index in [1.807, 2.05) is 19.6 Å². The monoisotopic (exact) mass is 192 g/mol. The standard InChI is InChI=1S/C3H9N3Si.C2H8N2.H3N/c1-7(2,3)6-5-4;1-4(2)3;/h1-3H3;3H2,1-2H3;1H3. The summed E-state index contributed by atoms with van der Waals surface area (Å²) in [6, 6.07) is 0. The molecule has 0 spiro atoms. The first kappa shape index (κ1) is 17.5. The van der Waals surface area contributed by atoms with Crippen molar-refractivity contribution in [3.8, 4) is 0 Å². The number of hydrogen-bond donors (Lipinski definition) is 2. The van der Waals surface area contributed by atoms with E-state index in [4.69, 9.17) is 11.4 Å². The minimum atomic E-state index is -1.45. The number of nitrogens with two attached hydrogens (primary N) is 1. The number of nitrogens with zero attached hydrogens (tertiary/aromatic N) is 4. The Morgan fingerprint density at radius 1 is 1.33 bits per heavy atom. The number of rotatable bonds is 1. The van der Waals surface area contributed by atoms with Gasteiger partial charge < -0.3 is 6.15 Å². The van der Waals surface area contributed by atoms with Crippen LogP contribution in [0.5, 0.6) is 0 Å². The quantitative estimate of drug-likeness (QED) is 0.165. The van der Waals surface area contributed by atoms with Crippen LogP contribution in [0.15, 0.2) is 4.78 Å². The summed E-state index contributed by atoms with van der Waals surface area (Å²) in [5, 5.41) is 1.50. The second-order valence-electron chi connectivity index (χ2n) is 3.32. The minimum absolute atomic E-state index is 0. The van der Waals surface area contributed by atoms with Gasteiger partial charge in [0.1, 0.15) is 8.24 Å². The Morgan fingerprint density at radius 3 is 1.58 bits per heavy atom. The highest BCUT2D eigenvalue weighted by molar-refractivity contribution is 6.74. The summed E-state index contributed by atoms with van der Waals surface area (Å²) >= 11 is 0. The Labute approximate surface area is 75.0 Å². The van der Waals surface area contributed by atoms with E-state index < -0.39 is 8.24 Å². The van der Waals surface area contributed by atoms with E-state index >= 15 is 0 Å². The van der Waals surface area contributed by atoms with Gasteiger partial charge in [0.05, 0.1) is 0 Å². The predicted octanol–water partition coefficient (Wildman–Crippen LogP) is 1.72. The first-order chi connectivity index (χ1) is 4.79. The zero-order chi connectivity index (χ0) is 9.49. The van der Waals surface area contributed by atoms with Crippen LogP contribution in [0.4, 0.5) is 0 Å². The average Bonchev–Trinajstić information content (AvgIpc) is 1.58. The van der Waals surface area contributed by atoms with Gasteiger partial charge in [-0.3, -0.25) is 10.9 Å². The lowest BCUT2D eigenvalue weighted by Crippen LogP contribution is -2.18. The molecule has 0 heterocycles. The highest BCUT2D eigenvalue weighted by Crippen LogP contribution is 2.00. The van der Waals surface area contributed by atoms with Crippen molar-refractivity contribution in [1.29, 1.82) is 0 Å². The number of azide groups is 1. The van der Waals surface area contributed by atoms with Gasteiger partial charge in [0.15, 0.2) is 0 Å². The van der Waals surface area contributed by atoms with E-state index in [9.17, 15) is 0 Å². The predicted molar refractivity (Wildman–Crippen MR) is 55.4 cm³/mol. The van der Waals surface area contributed by atoms with Crippen LogP contribution in [0.25, 0.3) is 10.4 Å². The van der Waals surface area contributed by atoms with Crippen LogP contribution in [0.3, 0.4) is 0 Å². The molecule has 0 aliphatic heterocycles. The van der Waals surface area contributed by atoms with Crippen molar-refractivity contribution >= 4 is 8.24 Å². The van der Waals surface area contributed by atoms with Crippen molar-refractivity contribution < 1.29 is 0 Å². The molecule has 0 aliphatic rings. The molecule has 74 valence electrons. The van der Waals surface area contributed by atoms with E-state index in [-0.39, 0.29) is 6.15 Å². The normalized spacial score (nSPS) is 8.92. The van der Waals surface area contributed by atoms with Crippen LogP contribution < -0.4 is 12.0 Å². The van der Waals surface area contributed by atoms with Gasteiger partial charge in [-0.25, -0.2) is 0 Å². The van der Waals surface area contributed by atoms with Crippen LogP contribution in [0.2, 0.25) is 19.6 Å². The maximum absolute atomic E-state index is 7.89. The summed E-state index contributed by atoms with van der Waals surface area (Å²) in [5.41, 5.74) is 7.89. The van der Waals surface area contributed by atoms with E-state index in [1.54, 1.807) is 14.1 Å². The van der Waals surface area contributed by atoms with Crippen LogP contribution in [-0.4, -0.2) is 27.3 Å². The molecule has 6 nitrogen and oxygen atoms in total. The smallest absolute Gasteiger partial charge is 0.146 e. The van der Waals surface area contributed by atoms with Gasteiger partial charge in [-0.1, -0.05) is 19.6 Å². The molecule has 0 aromatic carbocycles. The maximum Gasteiger partial charge on any atom is 0.146 e. The largest absolute Gasteiger partial charge is 0.344 e. The zero-order valence-electron chi connectivity index (χ0n) is 8.57. The fourth-order valence-corrected chi connectivity index (χ4v) is 0.402. The van der Waals surface area contributed by atoms with Crippen molar-refractivity contribution in [1.82, 2.24) is 11.2 Å². The zero-order valence-corrected chi connectivity index (χ0v) is 9.57. The van der Waals surface area contributed by atoms with Crippen molar-refractivity contribution in [2.45, 2.75) is 19.6 Å². The summed E-state index contributed by atoms with van der Waals surface area (Å²) in [7, 11) is 2.11. The molecule has 0 aliphatic carbocycles. The van der Waals surface area contributed by atoms with Crippen LogP contribution in [0.1, 0.15) is 0 Å². The summed E-state index contributed by atoms with van der Waals surface area (Å²) in [6.07, 6.45) is 0. The first-order valence-corrected chi connectivity index (χ1v) is 6.72. The molecule has 0 rings (SSSR count). The molecule has 0 unspecified atom stereocenters. The second-order valence-corrected chi connectivity index (χ2v) is 7.87. The molecular weight excluding hydrogens is 172 g/mol. The molecule has 0 amide bonds. The van der Waals surface area contributed by atoms with Crippen molar-refractivity contribution in [2.24, 2.45) is 10.6 Å². The van der Waals surface area contributed by atoms with E-state index in [0.717, 1.165) is 0 Å². The third-order valence-electron chi connectivity index (χ3n) is 0.345. The van der Waals surface area contributed by atoms with Gasteiger partial charge >= 0.3 is 0 Å². The lowest BCUT2D eigenvalue weighted by Gasteiger charge is -2.01. The molecule has 0 radical (unpaired) electrons. The Kier molecular flexibility index (Phi) is 12.4. The fraction of sp³-hybridized carbons (Fsp3) is 1.00. The van der Waals surface area contributed by atoms with E-state index in [0.29, 0.717) is 0 Å². The molecule has 12 heavy (non-hydrogen) atoms. The molecule has 0 bridgehead atoms. The Morgan fingerprint density at radius 2 is 1.58 bits per heavy atom. The molecule has 7 heteroatoms. The van der Waals surface area contributed by atoms with Crippen LogP contribution >= 0.6 is 0 Å². The molecule has 0 aromatic rings. The lowest BCUT2D eigenvalue weighted by atomic mass is 11.2. The number of hydrogen-bond acceptors (Lipinski definition) is 4. The van der Waals surface area contributed by atoms with Gasteiger partial charge in [-0.2, -0.15) is 0 Å². The Balaban J connectivity index is -0.000000142. The topological polar surface area (TPSA) is 113 Å². The maximum atomic E-state index is 7.89. The van der Waals surface area contributed by atoms with Gasteiger partial charge in [-0.15, -0.1) is 4.78 Å². The molecular formula is C5H20N6Si. The van der Waals surface area contributed by atoms with Crippen LogP contribution in [0, 0.1) is 0 Å². The first-order valence-electron chi connectivity index (χ1n) is 3.28. The third kappa shape index (κ3) is 57.3. The Hall–Kier alpha value is -0.593. The van der Waals surface area contributed by atoms with Crippen molar-refractivity contribution in [2.75, 3.05) is 14.1 Å². The second kappa shape index (κ2) is 8.50. The van der Waals surface area contributed by atoms with Gasteiger partial charge in [-0.05, 0) is 10.4 Å². The van der Waals surface area contributed by atoms with Gasteiger partial charge in [0.25, 0.3) is 0 Å². The summed E-state index contributed by atoms with van der Waals surface area (Å²) in [4.78, 5) is 2.69. The Bertz CT molecular complexity index is 131. The molecule has 0 fully saturated rings.